The molecule has 0 atom stereocenters. The zero-order valence-electron chi connectivity index (χ0n) is 9.49. The molecule has 0 bridgehead atoms. The molecule has 1 heterocycles. The van der Waals surface area contributed by atoms with E-state index in [1.807, 2.05) is 25.1 Å². The van der Waals surface area contributed by atoms with Crippen molar-refractivity contribution in [1.29, 1.82) is 0 Å². The largest absolute Gasteiger partial charge is 0.397 e. The molecule has 2 rings (SSSR count). The van der Waals surface area contributed by atoms with Crippen LogP contribution in [-0.4, -0.2) is 25.5 Å². The van der Waals surface area contributed by atoms with Crippen LogP contribution in [0, 0.1) is 6.92 Å². The number of hydrogen-bond donors (Lipinski definition) is 2. The molecule has 1 aromatic rings. The van der Waals surface area contributed by atoms with Gasteiger partial charge in [-0.15, -0.1) is 0 Å². The molecule has 1 aliphatic rings. The van der Waals surface area contributed by atoms with Gasteiger partial charge in [-0.25, -0.2) is 0 Å². The van der Waals surface area contributed by atoms with Crippen LogP contribution in [0.4, 0.5) is 11.4 Å². The molecule has 0 spiro atoms. The quantitative estimate of drug-likeness (QED) is 0.690. The Morgan fingerprint density at radius 3 is 2.94 bits per heavy atom. The van der Waals surface area contributed by atoms with Crippen molar-refractivity contribution < 1.29 is 4.79 Å². The summed E-state index contributed by atoms with van der Waals surface area (Å²) >= 11 is 0. The second-order valence-electron chi connectivity index (χ2n) is 4.10. The standard InChI is InChI=1S/C12H17N3O/c1-9-3-2-4-10(13)12(9)15-7-5-11(16)14-6-8-15/h2-4H,5-8,13H2,1H3,(H,14,16). The first kappa shape index (κ1) is 10.8. The number of anilines is 2. The molecule has 0 aromatic heterocycles. The van der Waals surface area contributed by atoms with Gasteiger partial charge in [-0.3, -0.25) is 4.79 Å². The second kappa shape index (κ2) is 4.43. The fourth-order valence-electron chi connectivity index (χ4n) is 2.10. The summed E-state index contributed by atoms with van der Waals surface area (Å²) in [5, 5.41) is 2.86. The smallest absolute Gasteiger partial charge is 0.221 e. The van der Waals surface area contributed by atoms with E-state index in [1.54, 1.807) is 0 Å². The van der Waals surface area contributed by atoms with Gasteiger partial charge >= 0.3 is 0 Å². The van der Waals surface area contributed by atoms with E-state index in [0.717, 1.165) is 30.0 Å². The topological polar surface area (TPSA) is 58.4 Å². The first-order valence-corrected chi connectivity index (χ1v) is 5.55. The molecule has 4 heteroatoms. The summed E-state index contributed by atoms with van der Waals surface area (Å²) in [6.07, 6.45) is 0.535. The van der Waals surface area contributed by atoms with Crippen LogP contribution in [0.1, 0.15) is 12.0 Å². The Bertz CT molecular complexity index is 383. The Labute approximate surface area is 95.4 Å². The molecule has 0 saturated carbocycles. The Balaban J connectivity index is 2.26. The summed E-state index contributed by atoms with van der Waals surface area (Å²) in [7, 11) is 0. The molecule has 1 amide bonds. The maximum absolute atomic E-state index is 11.3. The number of nitrogens with two attached hydrogens (primary N) is 1. The summed E-state index contributed by atoms with van der Waals surface area (Å²) in [6.45, 7) is 4.29. The van der Waals surface area contributed by atoms with Gasteiger partial charge in [0.1, 0.15) is 0 Å². The average molecular weight is 219 g/mol. The minimum absolute atomic E-state index is 0.120. The van der Waals surface area contributed by atoms with Gasteiger partial charge in [0.05, 0.1) is 11.4 Å². The van der Waals surface area contributed by atoms with Gasteiger partial charge in [-0.05, 0) is 18.6 Å². The molecule has 0 unspecified atom stereocenters. The van der Waals surface area contributed by atoms with E-state index in [-0.39, 0.29) is 5.91 Å². The zero-order chi connectivity index (χ0) is 11.5. The summed E-state index contributed by atoms with van der Waals surface area (Å²) in [4.78, 5) is 13.4. The summed E-state index contributed by atoms with van der Waals surface area (Å²) in [5.41, 5.74) is 9.01. The number of carbonyl (C=O) groups excluding carboxylic acids is 1. The lowest BCUT2D eigenvalue weighted by atomic mass is 10.1. The number of rotatable bonds is 1. The lowest BCUT2D eigenvalue weighted by Crippen LogP contribution is -2.29. The summed E-state index contributed by atoms with van der Waals surface area (Å²) in [6, 6.07) is 5.91. The minimum atomic E-state index is 0.120. The van der Waals surface area contributed by atoms with Crippen molar-refractivity contribution in [2.75, 3.05) is 30.3 Å². The van der Waals surface area contributed by atoms with Crippen molar-refractivity contribution in [3.05, 3.63) is 23.8 Å². The fraction of sp³-hybridized carbons (Fsp3) is 0.417. The fourth-order valence-corrected chi connectivity index (χ4v) is 2.10. The minimum Gasteiger partial charge on any atom is -0.397 e. The molecule has 1 fully saturated rings. The third-order valence-corrected chi connectivity index (χ3v) is 2.90. The van der Waals surface area contributed by atoms with E-state index in [0.29, 0.717) is 13.0 Å². The molecule has 1 aliphatic heterocycles. The Hall–Kier alpha value is -1.71. The summed E-state index contributed by atoms with van der Waals surface area (Å²) in [5.74, 6) is 0.120. The van der Waals surface area contributed by atoms with Crippen LogP contribution in [0.2, 0.25) is 0 Å². The van der Waals surface area contributed by atoms with Gasteiger partial charge < -0.3 is 16.0 Å². The molecule has 16 heavy (non-hydrogen) atoms. The molecule has 0 radical (unpaired) electrons. The maximum atomic E-state index is 11.3. The van der Waals surface area contributed by atoms with Crippen LogP contribution in [0.15, 0.2) is 18.2 Å². The Morgan fingerprint density at radius 1 is 1.38 bits per heavy atom. The van der Waals surface area contributed by atoms with E-state index in [9.17, 15) is 4.79 Å². The number of para-hydroxylation sites is 1. The van der Waals surface area contributed by atoms with Crippen LogP contribution < -0.4 is 16.0 Å². The highest BCUT2D eigenvalue weighted by molar-refractivity contribution is 5.78. The van der Waals surface area contributed by atoms with Crippen LogP contribution >= 0.6 is 0 Å². The molecule has 3 N–H and O–H groups in total. The Morgan fingerprint density at radius 2 is 2.19 bits per heavy atom. The van der Waals surface area contributed by atoms with Gasteiger partial charge in [-0.1, -0.05) is 12.1 Å². The number of hydrogen-bond acceptors (Lipinski definition) is 3. The van der Waals surface area contributed by atoms with Crippen molar-refractivity contribution in [3.8, 4) is 0 Å². The van der Waals surface area contributed by atoms with Crippen molar-refractivity contribution >= 4 is 17.3 Å². The molecule has 0 aliphatic carbocycles. The molecule has 1 aromatic carbocycles. The lowest BCUT2D eigenvalue weighted by molar-refractivity contribution is -0.120. The third kappa shape index (κ3) is 2.10. The highest BCUT2D eigenvalue weighted by Crippen LogP contribution is 2.27. The predicted molar refractivity (Wildman–Crippen MR) is 65.4 cm³/mol. The van der Waals surface area contributed by atoms with Crippen LogP contribution in [0.3, 0.4) is 0 Å². The van der Waals surface area contributed by atoms with Gasteiger partial charge in [0.25, 0.3) is 0 Å². The van der Waals surface area contributed by atoms with Gasteiger partial charge in [0.2, 0.25) is 5.91 Å². The van der Waals surface area contributed by atoms with E-state index in [1.165, 1.54) is 0 Å². The Kier molecular flexibility index (Phi) is 2.99. The lowest BCUT2D eigenvalue weighted by Gasteiger charge is -2.25. The third-order valence-electron chi connectivity index (χ3n) is 2.90. The summed E-state index contributed by atoms with van der Waals surface area (Å²) < 4.78 is 0. The van der Waals surface area contributed by atoms with E-state index in [2.05, 4.69) is 10.2 Å². The van der Waals surface area contributed by atoms with Crippen molar-refractivity contribution in [2.45, 2.75) is 13.3 Å². The molecular formula is C12H17N3O. The van der Waals surface area contributed by atoms with Crippen LogP contribution in [0.25, 0.3) is 0 Å². The predicted octanol–water partition coefficient (Wildman–Crippen LogP) is 0.904. The van der Waals surface area contributed by atoms with E-state index >= 15 is 0 Å². The SMILES string of the molecule is Cc1cccc(N)c1N1CCNC(=O)CC1. The number of carbonyl (C=O) groups is 1. The highest BCUT2D eigenvalue weighted by atomic mass is 16.1. The van der Waals surface area contributed by atoms with Crippen molar-refractivity contribution in [3.63, 3.8) is 0 Å². The first-order chi connectivity index (χ1) is 7.68. The van der Waals surface area contributed by atoms with Crippen molar-refractivity contribution in [1.82, 2.24) is 5.32 Å². The van der Waals surface area contributed by atoms with Gasteiger partial charge in [0.15, 0.2) is 0 Å². The number of aryl methyl sites for hydroxylation is 1. The van der Waals surface area contributed by atoms with Gasteiger partial charge in [-0.2, -0.15) is 0 Å². The molecular weight excluding hydrogens is 202 g/mol. The normalized spacial score (nSPS) is 16.8. The van der Waals surface area contributed by atoms with Crippen molar-refractivity contribution in [2.24, 2.45) is 0 Å². The number of nitrogens with one attached hydrogen (secondary N) is 1. The molecule has 86 valence electrons. The van der Waals surface area contributed by atoms with E-state index < -0.39 is 0 Å². The average Bonchev–Trinajstić information content (AvgIpc) is 2.44. The van der Waals surface area contributed by atoms with Crippen LogP contribution in [-0.2, 0) is 4.79 Å². The molecule has 1 saturated heterocycles. The number of benzene rings is 1. The highest BCUT2D eigenvalue weighted by Gasteiger charge is 2.16. The van der Waals surface area contributed by atoms with Gasteiger partial charge in [0, 0.05) is 26.1 Å². The first-order valence-electron chi connectivity index (χ1n) is 5.55. The zero-order valence-corrected chi connectivity index (χ0v) is 9.49. The maximum Gasteiger partial charge on any atom is 0.221 e. The molecule has 4 nitrogen and oxygen atoms in total. The van der Waals surface area contributed by atoms with Crippen LogP contribution in [0.5, 0.6) is 0 Å². The van der Waals surface area contributed by atoms with E-state index in [4.69, 9.17) is 5.73 Å². The number of nitrogens with zero attached hydrogens (tertiary/aromatic N) is 1. The monoisotopic (exact) mass is 219 g/mol. The number of nitrogen functional groups attached to an aromatic ring is 1. The second-order valence-corrected chi connectivity index (χ2v) is 4.10. The number of amides is 1.